The van der Waals surface area contributed by atoms with Crippen LogP contribution in [0.25, 0.3) is 5.65 Å². The van der Waals surface area contributed by atoms with Crippen molar-refractivity contribution in [1.29, 1.82) is 0 Å². The topological polar surface area (TPSA) is 89.3 Å². The fraction of sp³-hybridized carbons (Fsp3) is 0.286. The molecule has 7 heteroatoms. The number of hydrogen-bond donors (Lipinski definition) is 2. The number of nitrogens with zero attached hydrogens (tertiary/aromatic N) is 4. The highest BCUT2D eigenvalue weighted by Gasteiger charge is 2.14. The Morgan fingerprint density at radius 1 is 1.57 bits per heavy atom. The Bertz CT molecular complexity index is 456. The van der Waals surface area contributed by atoms with Crippen LogP contribution in [0.2, 0.25) is 0 Å². The molecule has 0 saturated carbocycles. The molecule has 74 valence electrons. The van der Waals surface area contributed by atoms with E-state index in [0.717, 1.165) is 0 Å². The van der Waals surface area contributed by atoms with E-state index in [4.69, 9.17) is 10.8 Å². The van der Waals surface area contributed by atoms with E-state index in [0.29, 0.717) is 16.1 Å². The van der Waals surface area contributed by atoms with Crippen LogP contribution >= 0.6 is 15.9 Å². The van der Waals surface area contributed by atoms with Crippen LogP contribution in [0.5, 0.6) is 0 Å². The summed E-state index contributed by atoms with van der Waals surface area (Å²) in [6, 6.07) is -0.528. The van der Waals surface area contributed by atoms with Crippen molar-refractivity contribution in [2.45, 2.75) is 6.04 Å². The van der Waals surface area contributed by atoms with Gasteiger partial charge in [-0.1, -0.05) is 0 Å². The van der Waals surface area contributed by atoms with Gasteiger partial charge in [0, 0.05) is 12.4 Å². The lowest BCUT2D eigenvalue weighted by Gasteiger charge is -2.04. The van der Waals surface area contributed by atoms with Crippen molar-refractivity contribution in [3.05, 3.63) is 22.8 Å². The molecule has 0 radical (unpaired) electrons. The van der Waals surface area contributed by atoms with Crippen molar-refractivity contribution >= 4 is 21.6 Å². The minimum atomic E-state index is -0.528. The van der Waals surface area contributed by atoms with E-state index in [9.17, 15) is 0 Å². The van der Waals surface area contributed by atoms with Gasteiger partial charge in [0.2, 0.25) is 0 Å². The van der Waals surface area contributed by atoms with Crippen molar-refractivity contribution < 1.29 is 5.11 Å². The third kappa shape index (κ3) is 1.39. The van der Waals surface area contributed by atoms with Gasteiger partial charge < -0.3 is 10.8 Å². The molecule has 0 fully saturated rings. The van der Waals surface area contributed by atoms with E-state index >= 15 is 0 Å². The summed E-state index contributed by atoms with van der Waals surface area (Å²) in [4.78, 5) is 4.00. The van der Waals surface area contributed by atoms with Crippen LogP contribution in [-0.4, -0.2) is 31.3 Å². The number of halogens is 1. The van der Waals surface area contributed by atoms with Gasteiger partial charge in [-0.2, -0.15) is 0 Å². The molecular weight excluding hydrogens is 250 g/mol. The van der Waals surface area contributed by atoms with Gasteiger partial charge in [0.15, 0.2) is 16.1 Å². The summed E-state index contributed by atoms with van der Waals surface area (Å²) < 4.78 is 2.29. The summed E-state index contributed by atoms with van der Waals surface area (Å²) in [6.07, 6.45) is 3.30. The molecule has 2 aromatic rings. The fourth-order valence-electron chi connectivity index (χ4n) is 1.15. The second-order valence-electron chi connectivity index (χ2n) is 2.76. The minimum absolute atomic E-state index is 0.166. The quantitative estimate of drug-likeness (QED) is 0.783. The Labute approximate surface area is 87.9 Å². The van der Waals surface area contributed by atoms with Crippen molar-refractivity contribution in [2.75, 3.05) is 6.61 Å². The van der Waals surface area contributed by atoms with Crippen LogP contribution in [0.1, 0.15) is 11.9 Å². The van der Waals surface area contributed by atoms with E-state index in [2.05, 4.69) is 31.1 Å². The fourth-order valence-corrected chi connectivity index (χ4v) is 1.54. The number of rotatable bonds is 2. The smallest absolute Gasteiger partial charge is 0.194 e. The second-order valence-corrected chi connectivity index (χ2v) is 3.51. The van der Waals surface area contributed by atoms with E-state index in [1.807, 2.05) is 0 Å². The molecule has 6 nitrogen and oxygen atoms in total. The third-order valence-corrected chi connectivity index (χ3v) is 2.40. The van der Waals surface area contributed by atoms with Gasteiger partial charge in [-0.3, -0.25) is 4.40 Å². The molecule has 0 bridgehead atoms. The highest BCUT2D eigenvalue weighted by Crippen LogP contribution is 2.15. The lowest BCUT2D eigenvalue weighted by atomic mass is 10.3. The van der Waals surface area contributed by atoms with Gasteiger partial charge in [0.05, 0.1) is 12.6 Å². The van der Waals surface area contributed by atoms with E-state index in [1.165, 1.54) is 0 Å². The van der Waals surface area contributed by atoms with Crippen molar-refractivity contribution in [1.82, 2.24) is 19.6 Å². The molecule has 0 aliphatic heterocycles. The lowest BCUT2D eigenvalue weighted by Crippen LogP contribution is -2.17. The molecule has 0 spiro atoms. The first kappa shape index (κ1) is 9.50. The molecule has 3 N–H and O–H groups in total. The summed E-state index contributed by atoms with van der Waals surface area (Å²) in [7, 11) is 0. The van der Waals surface area contributed by atoms with Crippen molar-refractivity contribution in [2.24, 2.45) is 5.73 Å². The Hall–Kier alpha value is -1.05. The number of aromatic nitrogens is 4. The summed E-state index contributed by atoms with van der Waals surface area (Å²) >= 11 is 3.24. The average molecular weight is 258 g/mol. The van der Waals surface area contributed by atoms with Crippen LogP contribution in [0.3, 0.4) is 0 Å². The van der Waals surface area contributed by atoms with E-state index < -0.39 is 6.04 Å². The van der Waals surface area contributed by atoms with Crippen LogP contribution in [0.15, 0.2) is 17.0 Å². The average Bonchev–Trinajstić information content (AvgIpc) is 2.62. The molecular formula is C7H8BrN5O. The monoisotopic (exact) mass is 257 g/mol. The Morgan fingerprint density at radius 3 is 3.07 bits per heavy atom. The van der Waals surface area contributed by atoms with Gasteiger partial charge >= 0.3 is 0 Å². The second kappa shape index (κ2) is 3.60. The Morgan fingerprint density at radius 2 is 2.36 bits per heavy atom. The van der Waals surface area contributed by atoms with Crippen LogP contribution < -0.4 is 5.73 Å². The maximum absolute atomic E-state index is 8.90. The first-order chi connectivity index (χ1) is 6.74. The highest BCUT2D eigenvalue weighted by molar-refractivity contribution is 9.10. The van der Waals surface area contributed by atoms with Crippen LogP contribution in [-0.2, 0) is 0 Å². The molecule has 0 amide bonds. The Balaban J connectivity index is 2.63. The third-order valence-electron chi connectivity index (χ3n) is 1.84. The standard InChI is InChI=1S/C7H8BrN5O/c8-5-7-12-11-6(4(9)3-14)13(7)2-1-10-5/h1-2,4,14H,3,9H2/t4-/m1/s1. The van der Waals surface area contributed by atoms with E-state index in [1.54, 1.807) is 16.8 Å². The van der Waals surface area contributed by atoms with Crippen molar-refractivity contribution in [3.8, 4) is 0 Å². The number of aliphatic hydroxyl groups is 1. The first-order valence-corrected chi connectivity index (χ1v) is 4.75. The number of fused-ring (bicyclic) bond motifs is 1. The van der Waals surface area contributed by atoms with Crippen molar-refractivity contribution in [3.63, 3.8) is 0 Å². The van der Waals surface area contributed by atoms with Crippen LogP contribution in [0, 0.1) is 0 Å². The molecule has 0 unspecified atom stereocenters. The summed E-state index contributed by atoms with van der Waals surface area (Å²) in [5.41, 5.74) is 6.24. The molecule has 0 aliphatic carbocycles. The van der Waals surface area contributed by atoms with Gasteiger partial charge in [-0.05, 0) is 15.9 Å². The van der Waals surface area contributed by atoms with Gasteiger partial charge in [0.1, 0.15) is 0 Å². The molecule has 0 aromatic carbocycles. The molecule has 0 saturated heterocycles. The zero-order valence-corrected chi connectivity index (χ0v) is 8.72. The van der Waals surface area contributed by atoms with Crippen LogP contribution in [0.4, 0.5) is 0 Å². The predicted molar refractivity (Wildman–Crippen MR) is 52.5 cm³/mol. The Kier molecular flexibility index (Phi) is 2.44. The predicted octanol–water partition coefficient (Wildman–Crippen LogP) is -0.121. The molecule has 1 atom stereocenters. The maximum Gasteiger partial charge on any atom is 0.194 e. The van der Waals surface area contributed by atoms with Gasteiger partial charge in [-0.25, -0.2) is 4.98 Å². The number of hydrogen-bond acceptors (Lipinski definition) is 5. The molecule has 2 heterocycles. The highest BCUT2D eigenvalue weighted by atomic mass is 79.9. The van der Waals surface area contributed by atoms with E-state index in [-0.39, 0.29) is 6.61 Å². The van der Waals surface area contributed by atoms with Gasteiger partial charge in [-0.15, -0.1) is 10.2 Å². The molecule has 14 heavy (non-hydrogen) atoms. The maximum atomic E-state index is 8.90. The molecule has 0 aliphatic rings. The number of aliphatic hydroxyl groups excluding tert-OH is 1. The SMILES string of the molecule is N[C@H](CO)c1nnc2c(Br)nccn12. The number of nitrogens with two attached hydrogens (primary N) is 1. The summed E-state index contributed by atoms with van der Waals surface area (Å²) in [5.74, 6) is 0.519. The normalized spacial score (nSPS) is 13.4. The lowest BCUT2D eigenvalue weighted by molar-refractivity contribution is 0.263. The minimum Gasteiger partial charge on any atom is -0.394 e. The summed E-state index contributed by atoms with van der Waals surface area (Å²) in [6.45, 7) is -0.166. The largest absolute Gasteiger partial charge is 0.394 e. The van der Waals surface area contributed by atoms with Gasteiger partial charge in [0.25, 0.3) is 0 Å². The summed E-state index contributed by atoms with van der Waals surface area (Å²) in [5, 5.41) is 16.7. The zero-order chi connectivity index (χ0) is 10.1. The first-order valence-electron chi connectivity index (χ1n) is 3.95. The molecule has 2 aromatic heterocycles. The molecule has 2 rings (SSSR count). The zero-order valence-electron chi connectivity index (χ0n) is 7.13.